The maximum atomic E-state index is 11.2. The van der Waals surface area contributed by atoms with Crippen molar-refractivity contribution in [3.8, 4) is 6.07 Å². The van der Waals surface area contributed by atoms with Crippen molar-refractivity contribution < 1.29 is 9.84 Å². The molecule has 2 fully saturated rings. The summed E-state index contributed by atoms with van der Waals surface area (Å²) in [5.74, 6) is 1.22. The zero-order valence-electron chi connectivity index (χ0n) is 14.0. The number of nitrogens with zero attached hydrogens (tertiary/aromatic N) is 3. The third-order valence-corrected chi connectivity index (χ3v) is 5.49. The molecule has 2 atom stereocenters. The summed E-state index contributed by atoms with van der Waals surface area (Å²) in [5.41, 5.74) is 0.896. The maximum absolute atomic E-state index is 11.2. The van der Waals surface area contributed by atoms with E-state index in [-0.39, 0.29) is 5.92 Å². The van der Waals surface area contributed by atoms with Gasteiger partial charge in [-0.3, -0.25) is 0 Å². The Morgan fingerprint density at radius 3 is 2.78 bits per heavy atom. The first-order chi connectivity index (χ1) is 11.0. The molecule has 0 spiro atoms. The fraction of sp³-hybridized carbons (Fsp3) is 0.667. The number of aryl methyl sites for hydroxylation is 1. The van der Waals surface area contributed by atoms with Crippen LogP contribution < -0.4 is 4.90 Å². The number of piperidine rings is 1. The van der Waals surface area contributed by atoms with Crippen molar-refractivity contribution in [1.82, 2.24) is 4.98 Å². The summed E-state index contributed by atoms with van der Waals surface area (Å²) < 4.78 is 5.44. The SMILES string of the molecule is Cc1ccc(C#N)c(N2CC[C@@](O)(C3CCOCC3)[C@H](C)C2)n1. The van der Waals surface area contributed by atoms with Crippen LogP contribution in [0.2, 0.25) is 0 Å². The molecule has 0 radical (unpaired) electrons. The first-order valence-corrected chi connectivity index (χ1v) is 8.47. The van der Waals surface area contributed by atoms with Crippen molar-refractivity contribution in [2.75, 3.05) is 31.2 Å². The summed E-state index contributed by atoms with van der Waals surface area (Å²) >= 11 is 0. The van der Waals surface area contributed by atoms with E-state index in [1.54, 1.807) is 0 Å². The van der Waals surface area contributed by atoms with Crippen LogP contribution in [-0.2, 0) is 4.74 Å². The van der Waals surface area contributed by atoms with Gasteiger partial charge in [-0.05, 0) is 44.2 Å². The third-order valence-electron chi connectivity index (χ3n) is 5.49. The third kappa shape index (κ3) is 3.06. The van der Waals surface area contributed by atoms with Crippen LogP contribution >= 0.6 is 0 Å². The highest BCUT2D eigenvalue weighted by Crippen LogP contribution is 2.40. The molecule has 2 aliphatic heterocycles. The van der Waals surface area contributed by atoms with Gasteiger partial charge in [0.15, 0.2) is 0 Å². The lowest BCUT2D eigenvalue weighted by Crippen LogP contribution is -2.56. The van der Waals surface area contributed by atoms with Gasteiger partial charge in [-0.1, -0.05) is 6.92 Å². The molecule has 1 aromatic heterocycles. The predicted molar refractivity (Wildman–Crippen MR) is 88.2 cm³/mol. The smallest absolute Gasteiger partial charge is 0.146 e. The highest BCUT2D eigenvalue weighted by atomic mass is 16.5. The number of aromatic nitrogens is 1. The minimum absolute atomic E-state index is 0.146. The Labute approximate surface area is 137 Å². The minimum atomic E-state index is -0.628. The molecule has 23 heavy (non-hydrogen) atoms. The van der Waals surface area contributed by atoms with Crippen LogP contribution in [0.1, 0.15) is 37.4 Å². The van der Waals surface area contributed by atoms with E-state index in [9.17, 15) is 10.4 Å². The summed E-state index contributed by atoms with van der Waals surface area (Å²) in [5, 5.41) is 20.6. The van der Waals surface area contributed by atoms with E-state index in [0.29, 0.717) is 11.5 Å². The Morgan fingerprint density at radius 1 is 1.39 bits per heavy atom. The second-order valence-corrected chi connectivity index (χ2v) is 6.91. The number of aliphatic hydroxyl groups is 1. The Morgan fingerprint density at radius 2 is 2.13 bits per heavy atom. The van der Waals surface area contributed by atoms with Crippen molar-refractivity contribution in [2.45, 2.75) is 38.7 Å². The van der Waals surface area contributed by atoms with E-state index in [1.165, 1.54) is 0 Å². The number of nitriles is 1. The first-order valence-electron chi connectivity index (χ1n) is 8.47. The van der Waals surface area contributed by atoms with Crippen molar-refractivity contribution in [3.63, 3.8) is 0 Å². The lowest BCUT2D eigenvalue weighted by Gasteiger charge is -2.49. The summed E-state index contributed by atoms with van der Waals surface area (Å²) in [6.07, 6.45) is 2.60. The lowest BCUT2D eigenvalue weighted by atomic mass is 9.70. The average Bonchev–Trinajstić information content (AvgIpc) is 2.58. The Bertz CT molecular complexity index is 607. The first kappa shape index (κ1) is 16.2. The van der Waals surface area contributed by atoms with Crippen LogP contribution in [0, 0.1) is 30.1 Å². The molecule has 0 saturated carbocycles. The number of anilines is 1. The molecule has 1 aromatic rings. The van der Waals surface area contributed by atoms with Crippen LogP contribution in [0.15, 0.2) is 12.1 Å². The number of hydrogen-bond donors (Lipinski definition) is 1. The quantitative estimate of drug-likeness (QED) is 0.906. The lowest BCUT2D eigenvalue weighted by molar-refractivity contribution is -0.108. The Hall–Kier alpha value is -1.64. The van der Waals surface area contributed by atoms with Gasteiger partial charge in [-0.25, -0.2) is 4.98 Å². The number of rotatable bonds is 2. The molecular weight excluding hydrogens is 290 g/mol. The molecule has 0 aromatic carbocycles. The number of ether oxygens (including phenoxy) is 1. The molecular formula is C18H25N3O2. The van der Waals surface area contributed by atoms with Gasteiger partial charge in [0, 0.05) is 37.9 Å². The van der Waals surface area contributed by atoms with Gasteiger partial charge in [0.1, 0.15) is 11.9 Å². The molecule has 124 valence electrons. The molecule has 2 saturated heterocycles. The second-order valence-electron chi connectivity index (χ2n) is 6.91. The van der Waals surface area contributed by atoms with Crippen LogP contribution in [0.25, 0.3) is 0 Å². The summed E-state index contributed by atoms with van der Waals surface area (Å²) in [6.45, 7) is 7.03. The molecule has 5 nitrogen and oxygen atoms in total. The second kappa shape index (κ2) is 6.46. The monoisotopic (exact) mass is 315 g/mol. The molecule has 3 heterocycles. The van der Waals surface area contributed by atoms with Crippen molar-refractivity contribution in [1.29, 1.82) is 5.26 Å². The van der Waals surface area contributed by atoms with Crippen LogP contribution in [0.3, 0.4) is 0 Å². The van der Waals surface area contributed by atoms with E-state index in [1.807, 2.05) is 19.1 Å². The topological polar surface area (TPSA) is 69.4 Å². The average molecular weight is 315 g/mol. The van der Waals surface area contributed by atoms with E-state index >= 15 is 0 Å². The minimum Gasteiger partial charge on any atom is -0.389 e. The number of hydrogen-bond acceptors (Lipinski definition) is 5. The van der Waals surface area contributed by atoms with Gasteiger partial charge in [-0.2, -0.15) is 5.26 Å². The molecule has 0 unspecified atom stereocenters. The van der Waals surface area contributed by atoms with Crippen LogP contribution in [-0.4, -0.2) is 42.0 Å². The van der Waals surface area contributed by atoms with E-state index in [0.717, 1.165) is 57.1 Å². The molecule has 3 rings (SSSR count). The molecule has 2 aliphatic rings. The summed E-state index contributed by atoms with van der Waals surface area (Å²) in [7, 11) is 0. The van der Waals surface area contributed by atoms with Gasteiger partial charge >= 0.3 is 0 Å². The zero-order valence-corrected chi connectivity index (χ0v) is 14.0. The van der Waals surface area contributed by atoms with Crippen LogP contribution in [0.4, 0.5) is 5.82 Å². The molecule has 1 N–H and O–H groups in total. The summed E-state index contributed by atoms with van der Waals surface area (Å²) in [4.78, 5) is 6.72. The normalized spacial score (nSPS) is 29.3. The predicted octanol–water partition coefficient (Wildman–Crippen LogP) is 2.27. The molecule has 0 bridgehead atoms. The van der Waals surface area contributed by atoms with Gasteiger partial charge < -0.3 is 14.7 Å². The zero-order chi connectivity index (χ0) is 16.4. The van der Waals surface area contributed by atoms with Crippen molar-refractivity contribution >= 4 is 5.82 Å². The molecule has 5 heteroatoms. The van der Waals surface area contributed by atoms with Gasteiger partial charge in [0.25, 0.3) is 0 Å². The Balaban J connectivity index is 1.78. The summed E-state index contributed by atoms with van der Waals surface area (Å²) in [6, 6.07) is 5.94. The van der Waals surface area contributed by atoms with Gasteiger partial charge in [0.2, 0.25) is 0 Å². The van der Waals surface area contributed by atoms with E-state index in [4.69, 9.17) is 4.74 Å². The van der Waals surface area contributed by atoms with E-state index in [2.05, 4.69) is 22.9 Å². The highest BCUT2D eigenvalue weighted by Gasteiger charge is 2.45. The molecule has 0 aliphatic carbocycles. The maximum Gasteiger partial charge on any atom is 0.146 e. The van der Waals surface area contributed by atoms with Crippen LogP contribution in [0.5, 0.6) is 0 Å². The standard InChI is InChI=1S/C18H25N3O2/c1-13-12-21(17-15(11-19)4-3-14(2)20-17)8-7-18(13,22)16-5-9-23-10-6-16/h3-4,13,16,22H,5-10,12H2,1-2H3/t13-,18+/m1/s1. The van der Waals surface area contributed by atoms with Gasteiger partial charge in [0.05, 0.1) is 11.2 Å². The van der Waals surface area contributed by atoms with Gasteiger partial charge in [-0.15, -0.1) is 0 Å². The van der Waals surface area contributed by atoms with Crippen molar-refractivity contribution in [3.05, 3.63) is 23.4 Å². The largest absolute Gasteiger partial charge is 0.389 e. The number of pyridine rings is 1. The molecule has 0 amide bonds. The fourth-order valence-corrected chi connectivity index (χ4v) is 4.01. The Kier molecular flexibility index (Phi) is 4.56. The highest BCUT2D eigenvalue weighted by molar-refractivity contribution is 5.54. The fourth-order valence-electron chi connectivity index (χ4n) is 4.01. The van der Waals surface area contributed by atoms with Crippen molar-refractivity contribution in [2.24, 2.45) is 11.8 Å². The van der Waals surface area contributed by atoms with E-state index < -0.39 is 5.60 Å².